The van der Waals surface area contributed by atoms with E-state index in [0.29, 0.717) is 54.9 Å². The lowest BCUT2D eigenvalue weighted by molar-refractivity contribution is 0.135. The molecule has 0 fully saturated rings. The van der Waals surface area contributed by atoms with Crippen LogP contribution < -0.4 is 14.9 Å². The number of ether oxygens (including phenoxy) is 1. The van der Waals surface area contributed by atoms with Crippen molar-refractivity contribution in [3.05, 3.63) is 29.6 Å². The molecule has 3 rings (SSSR count). The Hall–Kier alpha value is -2.87. The molecule has 0 aliphatic heterocycles. The predicted molar refractivity (Wildman–Crippen MR) is 126 cm³/mol. The van der Waals surface area contributed by atoms with Crippen LogP contribution in [0.15, 0.2) is 18.3 Å². The van der Waals surface area contributed by atoms with Crippen molar-refractivity contribution in [3.63, 3.8) is 0 Å². The Morgan fingerprint density at radius 1 is 1.30 bits per heavy atom. The summed E-state index contributed by atoms with van der Waals surface area (Å²) in [6.07, 6.45) is 1.06. The highest BCUT2D eigenvalue weighted by Gasteiger charge is 2.26. The third-order valence-electron chi connectivity index (χ3n) is 4.82. The van der Waals surface area contributed by atoms with E-state index in [9.17, 15) is 13.5 Å². The van der Waals surface area contributed by atoms with Crippen molar-refractivity contribution in [3.8, 4) is 0 Å². The van der Waals surface area contributed by atoms with Gasteiger partial charge in [0.1, 0.15) is 22.5 Å². The second-order valence-electron chi connectivity index (χ2n) is 7.52. The number of sulfonamides is 1. The zero-order valence-corrected chi connectivity index (χ0v) is 20.2. The number of nitrogens with zero attached hydrogens (tertiary/aromatic N) is 6. The van der Waals surface area contributed by atoms with Gasteiger partial charge in [0, 0.05) is 26.4 Å². The standard InChI is InChI=1S/C20H30N8O4S/c1-6-27(4)20-23-15-16(19(29)26-33(5,30)31)25-28(10-11-32-7-2)17(15)18(24-20)22-14-12-13(3)8-9-21-14/h8-9,12,19,26,29H,6-7,10-11H2,1-5H3,(H,21,22,23,24). The lowest BCUT2D eigenvalue weighted by Crippen LogP contribution is -2.28. The van der Waals surface area contributed by atoms with Crippen LogP contribution in [0.2, 0.25) is 0 Å². The van der Waals surface area contributed by atoms with Gasteiger partial charge in [-0.2, -0.15) is 14.8 Å². The fourth-order valence-electron chi connectivity index (χ4n) is 3.12. The molecule has 0 aliphatic rings. The maximum atomic E-state index is 11.7. The van der Waals surface area contributed by atoms with E-state index < -0.39 is 16.3 Å². The summed E-state index contributed by atoms with van der Waals surface area (Å²) in [6.45, 7) is 7.67. The number of aliphatic hydroxyl groups excluding tert-OH is 1. The first-order chi connectivity index (χ1) is 15.6. The number of aryl methyl sites for hydroxylation is 1. The molecule has 1 unspecified atom stereocenters. The summed E-state index contributed by atoms with van der Waals surface area (Å²) in [5, 5.41) is 18.3. The Kier molecular flexibility index (Phi) is 7.79. The molecule has 13 heteroatoms. The van der Waals surface area contributed by atoms with E-state index in [4.69, 9.17) is 4.74 Å². The molecule has 1 atom stereocenters. The largest absolute Gasteiger partial charge is 0.380 e. The molecule has 0 aliphatic carbocycles. The molecule has 0 spiro atoms. The molecule has 0 saturated carbocycles. The topological polar surface area (TPSA) is 147 Å². The monoisotopic (exact) mass is 478 g/mol. The summed E-state index contributed by atoms with van der Waals surface area (Å²) < 4.78 is 32.7. The summed E-state index contributed by atoms with van der Waals surface area (Å²) in [6, 6.07) is 3.76. The summed E-state index contributed by atoms with van der Waals surface area (Å²) in [4.78, 5) is 15.5. The maximum Gasteiger partial charge on any atom is 0.227 e. The molecule has 12 nitrogen and oxygen atoms in total. The van der Waals surface area contributed by atoms with Gasteiger partial charge < -0.3 is 20.1 Å². The Labute approximate surface area is 193 Å². The molecule has 0 amide bonds. The minimum Gasteiger partial charge on any atom is -0.380 e. The molecule has 3 N–H and O–H groups in total. The van der Waals surface area contributed by atoms with Crippen LogP contribution in [-0.2, 0) is 21.3 Å². The molecular weight excluding hydrogens is 448 g/mol. The Bertz CT molecular complexity index is 1210. The second-order valence-corrected chi connectivity index (χ2v) is 9.30. The predicted octanol–water partition coefficient (Wildman–Crippen LogP) is 1.31. The van der Waals surface area contributed by atoms with E-state index in [-0.39, 0.29) is 5.69 Å². The average Bonchev–Trinajstić information content (AvgIpc) is 3.11. The molecule has 0 bridgehead atoms. The highest BCUT2D eigenvalue weighted by Crippen LogP contribution is 2.30. The first kappa shape index (κ1) is 24.8. The first-order valence-electron chi connectivity index (χ1n) is 10.5. The summed E-state index contributed by atoms with van der Waals surface area (Å²) in [5.74, 6) is 1.39. The number of anilines is 3. The van der Waals surface area contributed by atoms with Crippen LogP contribution in [0.5, 0.6) is 0 Å². The highest BCUT2D eigenvalue weighted by atomic mass is 32.2. The quantitative estimate of drug-likeness (QED) is 0.272. The van der Waals surface area contributed by atoms with E-state index in [1.807, 2.05) is 44.9 Å². The van der Waals surface area contributed by atoms with Gasteiger partial charge in [0.15, 0.2) is 12.0 Å². The van der Waals surface area contributed by atoms with E-state index in [0.717, 1.165) is 11.8 Å². The Morgan fingerprint density at radius 2 is 2.06 bits per heavy atom. The molecule has 3 aromatic heterocycles. The van der Waals surface area contributed by atoms with Gasteiger partial charge in [-0.1, -0.05) is 0 Å². The van der Waals surface area contributed by atoms with Gasteiger partial charge in [0.2, 0.25) is 16.0 Å². The van der Waals surface area contributed by atoms with Crippen molar-refractivity contribution in [2.45, 2.75) is 33.5 Å². The van der Waals surface area contributed by atoms with Gasteiger partial charge in [0.25, 0.3) is 0 Å². The summed E-state index contributed by atoms with van der Waals surface area (Å²) >= 11 is 0. The molecule has 180 valence electrons. The molecule has 3 aromatic rings. The third-order valence-corrected chi connectivity index (χ3v) is 5.47. The fourth-order valence-corrected chi connectivity index (χ4v) is 3.64. The molecule has 0 aromatic carbocycles. The lowest BCUT2D eigenvalue weighted by Gasteiger charge is -2.17. The van der Waals surface area contributed by atoms with E-state index in [2.05, 4.69) is 30.1 Å². The van der Waals surface area contributed by atoms with Crippen LogP contribution >= 0.6 is 0 Å². The average molecular weight is 479 g/mol. The van der Waals surface area contributed by atoms with E-state index in [1.54, 1.807) is 10.9 Å². The lowest BCUT2D eigenvalue weighted by atomic mass is 10.3. The zero-order chi connectivity index (χ0) is 24.2. The normalized spacial score (nSPS) is 12.8. The van der Waals surface area contributed by atoms with Gasteiger partial charge in [-0.3, -0.25) is 4.68 Å². The van der Waals surface area contributed by atoms with Gasteiger partial charge in [-0.25, -0.2) is 18.4 Å². The number of hydrogen-bond acceptors (Lipinski definition) is 10. The first-order valence-corrected chi connectivity index (χ1v) is 12.4. The van der Waals surface area contributed by atoms with Crippen molar-refractivity contribution >= 4 is 38.6 Å². The Morgan fingerprint density at radius 3 is 2.70 bits per heavy atom. The van der Waals surface area contributed by atoms with Crippen molar-refractivity contribution in [1.29, 1.82) is 0 Å². The van der Waals surface area contributed by atoms with Gasteiger partial charge in [-0.15, -0.1) is 0 Å². The number of pyridine rings is 1. The zero-order valence-electron chi connectivity index (χ0n) is 19.4. The summed E-state index contributed by atoms with van der Waals surface area (Å²) in [5.41, 5.74) is 1.90. The number of fused-ring (bicyclic) bond motifs is 1. The van der Waals surface area contributed by atoms with Gasteiger partial charge in [0.05, 0.1) is 19.4 Å². The number of rotatable bonds is 11. The van der Waals surface area contributed by atoms with E-state index >= 15 is 0 Å². The number of hydrogen-bond donors (Lipinski definition) is 3. The minimum atomic E-state index is -3.70. The Balaban J connectivity index is 2.22. The second kappa shape index (κ2) is 10.4. The van der Waals surface area contributed by atoms with Gasteiger partial charge in [-0.05, 0) is 38.5 Å². The van der Waals surface area contributed by atoms with Crippen LogP contribution in [0.4, 0.5) is 17.6 Å². The van der Waals surface area contributed by atoms with E-state index in [1.165, 1.54) is 0 Å². The number of aromatic nitrogens is 5. The maximum absolute atomic E-state index is 11.7. The van der Waals surface area contributed by atoms with Crippen molar-refractivity contribution < 1.29 is 18.3 Å². The van der Waals surface area contributed by atoms with Crippen molar-refractivity contribution in [1.82, 2.24) is 29.5 Å². The van der Waals surface area contributed by atoms with Crippen LogP contribution in [0, 0.1) is 6.92 Å². The highest BCUT2D eigenvalue weighted by molar-refractivity contribution is 7.88. The van der Waals surface area contributed by atoms with Gasteiger partial charge >= 0.3 is 0 Å². The molecule has 0 radical (unpaired) electrons. The smallest absolute Gasteiger partial charge is 0.227 e. The molecule has 33 heavy (non-hydrogen) atoms. The van der Waals surface area contributed by atoms with Crippen LogP contribution in [0.25, 0.3) is 11.0 Å². The molecular formula is C20H30N8O4S. The number of aliphatic hydroxyl groups is 1. The van der Waals surface area contributed by atoms with Crippen LogP contribution in [0.3, 0.4) is 0 Å². The fraction of sp³-hybridized carbons (Fsp3) is 0.500. The minimum absolute atomic E-state index is 0.0697. The number of nitrogens with one attached hydrogen (secondary N) is 2. The van der Waals surface area contributed by atoms with Crippen LogP contribution in [0.1, 0.15) is 31.3 Å². The third kappa shape index (κ3) is 6.13. The summed E-state index contributed by atoms with van der Waals surface area (Å²) in [7, 11) is -1.87. The molecule has 3 heterocycles. The van der Waals surface area contributed by atoms with Crippen molar-refractivity contribution in [2.24, 2.45) is 0 Å². The van der Waals surface area contributed by atoms with Crippen LogP contribution in [-0.4, -0.2) is 71.3 Å². The molecule has 0 saturated heterocycles. The van der Waals surface area contributed by atoms with Crippen molar-refractivity contribution in [2.75, 3.05) is 43.3 Å². The SMILES string of the molecule is CCOCCn1nc(C(O)NS(C)(=O)=O)c2nc(N(C)CC)nc(Nc3cc(C)ccn3)c21.